The fourth-order valence-electron chi connectivity index (χ4n) is 1.49. The van der Waals surface area contributed by atoms with Gasteiger partial charge >= 0.3 is 11.9 Å². The molecule has 7 heteroatoms. The summed E-state index contributed by atoms with van der Waals surface area (Å²) in [5.74, 6) is -0.758. The lowest BCUT2D eigenvalue weighted by Gasteiger charge is -2.06. The van der Waals surface area contributed by atoms with Gasteiger partial charge in [0.25, 0.3) is 0 Å². The summed E-state index contributed by atoms with van der Waals surface area (Å²) in [6.45, 7) is -0.421. The predicted octanol–water partition coefficient (Wildman–Crippen LogP) is 3.15. The average Bonchev–Trinajstić information content (AvgIpc) is 2.49. The smallest absolute Gasteiger partial charge is 0.408 e. The molecule has 0 radical (unpaired) electrons. The van der Waals surface area contributed by atoms with Crippen LogP contribution in [-0.2, 0) is 6.54 Å². The Morgan fingerprint density at radius 1 is 1.35 bits per heavy atom. The molecule has 0 aliphatic heterocycles. The number of hydrogen-bond donors (Lipinski definition) is 0. The van der Waals surface area contributed by atoms with E-state index in [0.717, 1.165) is 8.14 Å². The Balaban J connectivity index is 2.42. The first-order valence-electron chi connectivity index (χ1n) is 4.72. The molecular formula is C10H7F3INO2. The van der Waals surface area contributed by atoms with Crippen LogP contribution < -0.4 is 5.76 Å². The number of hydrogen-bond acceptors (Lipinski definition) is 2. The molecule has 2 rings (SSSR count). The fourth-order valence-corrected chi connectivity index (χ4v) is 1.96. The van der Waals surface area contributed by atoms with Crippen LogP contribution in [0.5, 0.6) is 0 Å². The molecule has 92 valence electrons. The van der Waals surface area contributed by atoms with Crippen molar-refractivity contribution in [3.8, 4) is 0 Å². The monoisotopic (exact) mass is 357 g/mol. The Labute approximate surface area is 107 Å². The number of nitrogens with zero attached hydrogens (tertiary/aromatic N) is 1. The van der Waals surface area contributed by atoms with E-state index in [1.165, 1.54) is 0 Å². The molecule has 0 unspecified atom stereocenters. The van der Waals surface area contributed by atoms with Crippen molar-refractivity contribution in [3.63, 3.8) is 0 Å². The number of oxazole rings is 1. The van der Waals surface area contributed by atoms with Crippen LogP contribution in [-0.4, -0.2) is 10.7 Å². The van der Waals surface area contributed by atoms with Crippen molar-refractivity contribution in [2.75, 3.05) is 0 Å². The van der Waals surface area contributed by atoms with Crippen molar-refractivity contribution >= 4 is 33.7 Å². The van der Waals surface area contributed by atoms with Gasteiger partial charge in [0.05, 0.1) is 11.9 Å². The molecular weight excluding hydrogens is 350 g/mol. The molecule has 2 aromatic rings. The highest BCUT2D eigenvalue weighted by molar-refractivity contribution is 14.1. The van der Waals surface area contributed by atoms with Crippen LogP contribution in [0.4, 0.5) is 13.2 Å². The molecule has 0 aliphatic carbocycles. The zero-order valence-corrected chi connectivity index (χ0v) is 10.6. The number of benzene rings is 1. The number of fused-ring (bicyclic) bond motifs is 1. The minimum Gasteiger partial charge on any atom is -0.408 e. The van der Waals surface area contributed by atoms with Gasteiger partial charge in [0.15, 0.2) is 5.58 Å². The Hall–Kier alpha value is -0.990. The summed E-state index contributed by atoms with van der Waals surface area (Å²) in [7, 11) is 0. The lowest BCUT2D eigenvalue weighted by molar-refractivity contribution is -0.136. The molecule has 0 spiro atoms. The van der Waals surface area contributed by atoms with Gasteiger partial charge in [0, 0.05) is 10.1 Å². The third-order valence-electron chi connectivity index (χ3n) is 2.25. The van der Waals surface area contributed by atoms with Crippen LogP contribution >= 0.6 is 22.6 Å². The van der Waals surface area contributed by atoms with Gasteiger partial charge in [-0.2, -0.15) is 13.2 Å². The van der Waals surface area contributed by atoms with E-state index in [1.54, 1.807) is 18.2 Å². The number of halogens is 4. The molecule has 0 bridgehead atoms. The fraction of sp³-hybridized carbons (Fsp3) is 0.300. The summed E-state index contributed by atoms with van der Waals surface area (Å²) < 4.78 is 43.0. The van der Waals surface area contributed by atoms with Crippen LogP contribution in [0.2, 0.25) is 0 Å². The zero-order valence-electron chi connectivity index (χ0n) is 8.42. The largest absolute Gasteiger partial charge is 0.419 e. The molecule has 0 atom stereocenters. The second kappa shape index (κ2) is 4.35. The standard InChI is InChI=1S/C10H7F3INO2/c11-10(12,13)3-4-15-7-5-6(14)1-2-8(7)17-9(15)16/h1-2,5H,3-4H2. The highest BCUT2D eigenvalue weighted by Gasteiger charge is 2.27. The summed E-state index contributed by atoms with van der Waals surface area (Å²) in [5, 5.41) is 0. The average molecular weight is 357 g/mol. The summed E-state index contributed by atoms with van der Waals surface area (Å²) in [4.78, 5) is 11.4. The van der Waals surface area contributed by atoms with Gasteiger partial charge in [-0.25, -0.2) is 4.79 Å². The minimum absolute atomic E-state index is 0.303. The van der Waals surface area contributed by atoms with E-state index >= 15 is 0 Å². The molecule has 0 saturated carbocycles. The molecule has 0 aliphatic rings. The first kappa shape index (κ1) is 12.5. The van der Waals surface area contributed by atoms with E-state index in [1.807, 2.05) is 22.6 Å². The van der Waals surface area contributed by atoms with Crippen LogP contribution in [0.25, 0.3) is 11.1 Å². The summed E-state index contributed by atoms with van der Waals surface area (Å²) in [6, 6.07) is 4.92. The highest BCUT2D eigenvalue weighted by Crippen LogP contribution is 2.22. The van der Waals surface area contributed by atoms with E-state index in [0.29, 0.717) is 11.1 Å². The van der Waals surface area contributed by atoms with Crippen molar-refractivity contribution in [1.29, 1.82) is 0 Å². The Bertz CT molecular complexity index is 600. The summed E-state index contributed by atoms with van der Waals surface area (Å²) in [6.07, 6.45) is -5.34. The quantitative estimate of drug-likeness (QED) is 0.775. The summed E-state index contributed by atoms with van der Waals surface area (Å²) in [5.41, 5.74) is 0.698. The van der Waals surface area contributed by atoms with Crippen LogP contribution in [0, 0.1) is 3.57 Å². The summed E-state index contributed by atoms with van der Waals surface area (Å²) >= 11 is 2.02. The van der Waals surface area contributed by atoms with Gasteiger partial charge in [-0.3, -0.25) is 4.57 Å². The molecule has 3 nitrogen and oxygen atoms in total. The SMILES string of the molecule is O=c1oc2ccc(I)cc2n1CCC(F)(F)F. The highest BCUT2D eigenvalue weighted by atomic mass is 127. The normalized spacial score (nSPS) is 12.2. The van der Waals surface area contributed by atoms with Crippen molar-refractivity contribution < 1.29 is 17.6 Å². The van der Waals surface area contributed by atoms with Gasteiger partial charge in [-0.15, -0.1) is 0 Å². The third kappa shape index (κ3) is 2.82. The lowest BCUT2D eigenvalue weighted by Crippen LogP contribution is -2.19. The Morgan fingerprint density at radius 3 is 2.71 bits per heavy atom. The van der Waals surface area contributed by atoms with Gasteiger partial charge < -0.3 is 4.42 Å². The molecule has 0 N–H and O–H groups in total. The predicted molar refractivity (Wildman–Crippen MR) is 63.9 cm³/mol. The number of aromatic nitrogens is 1. The maximum atomic E-state index is 12.1. The van der Waals surface area contributed by atoms with E-state index in [-0.39, 0.29) is 0 Å². The zero-order chi connectivity index (χ0) is 12.6. The van der Waals surface area contributed by atoms with E-state index in [2.05, 4.69) is 0 Å². The molecule has 1 aromatic heterocycles. The second-order valence-corrected chi connectivity index (χ2v) is 4.74. The molecule has 0 fully saturated rings. The first-order chi connectivity index (χ1) is 7.87. The number of rotatable bonds is 2. The van der Waals surface area contributed by atoms with Crippen molar-refractivity contribution in [1.82, 2.24) is 4.57 Å². The van der Waals surface area contributed by atoms with Crippen molar-refractivity contribution in [2.45, 2.75) is 19.1 Å². The lowest BCUT2D eigenvalue weighted by atomic mass is 10.3. The van der Waals surface area contributed by atoms with Gasteiger partial charge in [0.1, 0.15) is 0 Å². The Morgan fingerprint density at radius 2 is 2.06 bits per heavy atom. The van der Waals surface area contributed by atoms with Gasteiger partial charge in [0.2, 0.25) is 0 Å². The number of aryl methyl sites for hydroxylation is 1. The minimum atomic E-state index is -4.29. The van der Waals surface area contributed by atoms with Crippen LogP contribution in [0.1, 0.15) is 6.42 Å². The van der Waals surface area contributed by atoms with Gasteiger partial charge in [-0.1, -0.05) is 0 Å². The second-order valence-electron chi connectivity index (χ2n) is 3.50. The third-order valence-corrected chi connectivity index (χ3v) is 2.92. The van der Waals surface area contributed by atoms with E-state index in [4.69, 9.17) is 4.42 Å². The molecule has 0 amide bonds. The van der Waals surface area contributed by atoms with E-state index < -0.39 is 24.9 Å². The maximum Gasteiger partial charge on any atom is 0.419 e. The maximum absolute atomic E-state index is 12.1. The van der Waals surface area contributed by atoms with Crippen LogP contribution in [0.15, 0.2) is 27.4 Å². The van der Waals surface area contributed by atoms with Crippen molar-refractivity contribution in [2.24, 2.45) is 0 Å². The Kier molecular flexibility index (Phi) is 3.19. The van der Waals surface area contributed by atoms with Crippen molar-refractivity contribution in [3.05, 3.63) is 32.3 Å². The molecule has 1 aromatic carbocycles. The molecule has 17 heavy (non-hydrogen) atoms. The molecule has 1 heterocycles. The van der Waals surface area contributed by atoms with Gasteiger partial charge in [-0.05, 0) is 40.8 Å². The molecule has 0 saturated heterocycles. The topological polar surface area (TPSA) is 35.1 Å². The van der Waals surface area contributed by atoms with E-state index in [9.17, 15) is 18.0 Å². The number of alkyl halides is 3. The first-order valence-corrected chi connectivity index (χ1v) is 5.80. The van der Waals surface area contributed by atoms with Crippen LogP contribution in [0.3, 0.4) is 0 Å².